The van der Waals surface area contributed by atoms with Crippen LogP contribution in [0.15, 0.2) is 0 Å². The van der Waals surface area contributed by atoms with E-state index >= 15 is 0 Å². The van der Waals surface area contributed by atoms with Crippen molar-refractivity contribution < 1.29 is 18.3 Å². The molecule has 5 heteroatoms. The molecule has 1 atom stereocenters. The van der Waals surface area contributed by atoms with Crippen molar-refractivity contribution in [2.45, 2.75) is 109 Å². The van der Waals surface area contributed by atoms with Gasteiger partial charge in [-0.2, -0.15) is 0 Å². The first-order chi connectivity index (χ1) is 10.5. The van der Waals surface area contributed by atoms with E-state index in [1.165, 1.54) is 19.3 Å². The molecule has 0 aromatic rings. The molecule has 0 fully saturated rings. The van der Waals surface area contributed by atoms with E-state index in [4.69, 9.17) is 9.29 Å². The first-order valence-corrected chi connectivity index (χ1v) is 9.98. The maximum Gasteiger partial charge on any atom is 0.306 e. The van der Waals surface area contributed by atoms with Crippen molar-refractivity contribution in [1.29, 1.82) is 0 Å². The van der Waals surface area contributed by atoms with Crippen LogP contribution >= 0.6 is 0 Å². The summed E-state index contributed by atoms with van der Waals surface area (Å²) < 4.78 is 25.0. The molecule has 1 unspecified atom stereocenters. The van der Waals surface area contributed by atoms with E-state index in [0.29, 0.717) is 6.42 Å². The number of carbonyl (C=O) groups excluding carboxylic acids is 1. The molecule has 0 radical (unpaired) electrons. The van der Waals surface area contributed by atoms with Crippen LogP contribution < -0.4 is 0 Å². The second kappa shape index (κ2) is 11.2. The van der Waals surface area contributed by atoms with E-state index in [0.717, 1.165) is 38.5 Å². The van der Waals surface area contributed by atoms with Crippen LogP contribution in [-0.4, -0.2) is 25.1 Å². The van der Waals surface area contributed by atoms with Crippen molar-refractivity contribution in [3.63, 3.8) is 0 Å². The topological polar surface area (TPSA) is 63.6 Å². The molecule has 0 heterocycles. The predicted octanol–water partition coefficient (Wildman–Crippen LogP) is 5.23. The first kappa shape index (κ1) is 22.6. The van der Waals surface area contributed by atoms with Crippen LogP contribution in [0.2, 0.25) is 0 Å². The number of unbranched alkanes of at least 4 members (excludes halogenated alkanes) is 7. The Morgan fingerprint density at radius 2 is 1.30 bits per heavy atom. The van der Waals surface area contributed by atoms with E-state index in [-0.39, 0.29) is 11.6 Å². The molecular formula is C18H36O4S. The van der Waals surface area contributed by atoms with E-state index in [1.54, 1.807) is 0 Å². The summed E-state index contributed by atoms with van der Waals surface area (Å²) in [6.07, 6.45) is 10.2. The molecule has 23 heavy (non-hydrogen) atoms. The third-order valence-electron chi connectivity index (χ3n) is 3.80. The zero-order valence-electron chi connectivity index (χ0n) is 15.7. The SMILES string of the molecule is CC(C)(C)OC(=O)CCCCCCCCCCC(C)(C)S(=O)O. The predicted molar refractivity (Wildman–Crippen MR) is 96.9 cm³/mol. The Labute approximate surface area is 145 Å². The lowest BCUT2D eigenvalue weighted by Crippen LogP contribution is -2.25. The van der Waals surface area contributed by atoms with Gasteiger partial charge in [0.2, 0.25) is 0 Å². The lowest BCUT2D eigenvalue weighted by Gasteiger charge is -2.19. The number of esters is 1. The maximum atomic E-state index is 11.5. The summed E-state index contributed by atoms with van der Waals surface area (Å²) >= 11 is -1.74. The minimum Gasteiger partial charge on any atom is -0.460 e. The second-order valence-corrected chi connectivity index (χ2v) is 9.53. The third kappa shape index (κ3) is 13.7. The standard InChI is InChI=1S/C18H36O4S/c1-17(2,3)22-16(19)14-12-10-8-6-7-9-11-13-15-18(4,5)23(20)21/h6-15H2,1-5H3,(H,20,21). The quantitative estimate of drug-likeness (QED) is 0.298. The van der Waals surface area contributed by atoms with Crippen molar-refractivity contribution in [3.8, 4) is 0 Å². The number of carbonyl (C=O) groups is 1. The summed E-state index contributed by atoms with van der Waals surface area (Å²) in [4.78, 5) is 11.5. The average Bonchev–Trinajstić information content (AvgIpc) is 2.38. The second-order valence-electron chi connectivity index (χ2n) is 7.92. The molecule has 0 aromatic heterocycles. The fourth-order valence-corrected chi connectivity index (χ4v) is 2.68. The van der Waals surface area contributed by atoms with Gasteiger partial charge in [-0.3, -0.25) is 4.79 Å². The normalized spacial score (nSPS) is 13.8. The fraction of sp³-hybridized carbons (Fsp3) is 0.944. The minimum absolute atomic E-state index is 0.0959. The van der Waals surface area contributed by atoms with E-state index in [2.05, 4.69) is 0 Å². The van der Waals surface area contributed by atoms with E-state index < -0.39 is 15.8 Å². The minimum atomic E-state index is -1.74. The molecule has 138 valence electrons. The van der Waals surface area contributed by atoms with Crippen LogP contribution in [0.1, 0.15) is 98.8 Å². The van der Waals surface area contributed by atoms with Crippen molar-refractivity contribution in [2.24, 2.45) is 0 Å². The zero-order chi connectivity index (χ0) is 17.9. The Hall–Kier alpha value is -0.420. The monoisotopic (exact) mass is 348 g/mol. The Balaban J connectivity index is 3.41. The van der Waals surface area contributed by atoms with Gasteiger partial charge in [-0.15, -0.1) is 0 Å². The highest BCUT2D eigenvalue weighted by Gasteiger charge is 2.23. The third-order valence-corrected chi connectivity index (χ3v) is 4.95. The smallest absolute Gasteiger partial charge is 0.306 e. The van der Waals surface area contributed by atoms with Gasteiger partial charge in [-0.1, -0.05) is 44.9 Å². The highest BCUT2D eigenvalue weighted by molar-refractivity contribution is 7.80. The lowest BCUT2D eigenvalue weighted by atomic mass is 10.0. The molecule has 0 spiro atoms. The van der Waals surface area contributed by atoms with Crippen LogP contribution in [0.3, 0.4) is 0 Å². The Bertz CT molecular complexity index is 359. The Kier molecular flexibility index (Phi) is 11.0. The lowest BCUT2D eigenvalue weighted by molar-refractivity contribution is -0.154. The van der Waals surface area contributed by atoms with Gasteiger partial charge in [0.25, 0.3) is 0 Å². The zero-order valence-corrected chi connectivity index (χ0v) is 16.5. The summed E-state index contributed by atoms with van der Waals surface area (Å²) in [5.74, 6) is -0.0959. The average molecular weight is 349 g/mol. The highest BCUT2D eigenvalue weighted by Crippen LogP contribution is 2.20. The van der Waals surface area contributed by atoms with Crippen molar-refractivity contribution in [2.75, 3.05) is 0 Å². The largest absolute Gasteiger partial charge is 0.460 e. The number of rotatable bonds is 12. The molecule has 4 nitrogen and oxygen atoms in total. The number of ether oxygens (including phenoxy) is 1. The first-order valence-electron chi connectivity index (χ1n) is 8.87. The van der Waals surface area contributed by atoms with Crippen molar-refractivity contribution in [1.82, 2.24) is 0 Å². The van der Waals surface area contributed by atoms with Crippen LogP contribution in [0.4, 0.5) is 0 Å². The van der Waals surface area contributed by atoms with Crippen molar-refractivity contribution in [3.05, 3.63) is 0 Å². The molecule has 0 aliphatic carbocycles. The summed E-state index contributed by atoms with van der Waals surface area (Å²) in [6.45, 7) is 9.36. The van der Waals surface area contributed by atoms with Crippen LogP contribution in [0.25, 0.3) is 0 Å². The fourth-order valence-electron chi connectivity index (χ4n) is 2.36. The molecule has 0 aromatic carbocycles. The van der Waals surface area contributed by atoms with Crippen molar-refractivity contribution >= 4 is 17.0 Å². The molecule has 0 rings (SSSR count). The van der Waals surface area contributed by atoms with Crippen LogP contribution in [0, 0.1) is 0 Å². The summed E-state index contributed by atoms with van der Waals surface area (Å²) in [7, 11) is 0. The summed E-state index contributed by atoms with van der Waals surface area (Å²) in [6, 6.07) is 0. The van der Waals surface area contributed by atoms with Gasteiger partial charge in [0, 0.05) is 6.42 Å². The van der Waals surface area contributed by atoms with Gasteiger partial charge in [0.05, 0.1) is 4.75 Å². The van der Waals surface area contributed by atoms with Gasteiger partial charge in [-0.25, -0.2) is 4.21 Å². The molecule has 0 aliphatic rings. The van der Waals surface area contributed by atoms with Gasteiger partial charge < -0.3 is 9.29 Å². The molecule has 0 aliphatic heterocycles. The van der Waals surface area contributed by atoms with E-state index in [9.17, 15) is 9.00 Å². The molecule has 0 saturated carbocycles. The van der Waals surface area contributed by atoms with Gasteiger partial charge in [0.15, 0.2) is 11.1 Å². The Morgan fingerprint density at radius 3 is 1.74 bits per heavy atom. The number of hydrogen-bond acceptors (Lipinski definition) is 3. The summed E-state index contributed by atoms with van der Waals surface area (Å²) in [5, 5.41) is 0. The molecule has 0 bridgehead atoms. The molecule has 1 N–H and O–H groups in total. The van der Waals surface area contributed by atoms with Gasteiger partial charge in [-0.05, 0) is 47.5 Å². The van der Waals surface area contributed by atoms with Gasteiger partial charge >= 0.3 is 5.97 Å². The van der Waals surface area contributed by atoms with E-state index in [1.807, 2.05) is 34.6 Å². The molecule has 0 saturated heterocycles. The Morgan fingerprint density at radius 1 is 0.870 bits per heavy atom. The summed E-state index contributed by atoms with van der Waals surface area (Å²) in [5.41, 5.74) is -0.381. The number of hydrogen-bond donors (Lipinski definition) is 1. The molecular weight excluding hydrogens is 312 g/mol. The molecule has 0 amide bonds. The van der Waals surface area contributed by atoms with Crippen LogP contribution in [-0.2, 0) is 20.6 Å². The van der Waals surface area contributed by atoms with Gasteiger partial charge in [0.1, 0.15) is 5.60 Å². The maximum absolute atomic E-state index is 11.5. The van der Waals surface area contributed by atoms with Crippen LogP contribution in [0.5, 0.6) is 0 Å². The highest BCUT2D eigenvalue weighted by atomic mass is 32.2.